The van der Waals surface area contributed by atoms with Gasteiger partial charge in [0, 0.05) is 10.4 Å². The molecule has 1 unspecified atom stereocenters. The Balaban J connectivity index is 1.96. The summed E-state index contributed by atoms with van der Waals surface area (Å²) < 4.78 is 0.705. The van der Waals surface area contributed by atoms with E-state index < -0.39 is 0 Å². The summed E-state index contributed by atoms with van der Waals surface area (Å²) in [4.78, 5) is 12.9. The number of benzene rings is 1. The number of amides is 1. The molecular formula is C14H14ClNO2S. The lowest BCUT2D eigenvalue weighted by molar-refractivity contribution is -0.121. The molecule has 5 heteroatoms. The third-order valence-electron chi connectivity index (χ3n) is 2.74. The lowest BCUT2D eigenvalue weighted by Gasteiger charge is -2.12. The van der Waals surface area contributed by atoms with E-state index in [9.17, 15) is 9.90 Å². The van der Waals surface area contributed by atoms with Gasteiger partial charge in [0.25, 0.3) is 0 Å². The second-order valence-electron chi connectivity index (χ2n) is 4.24. The summed E-state index contributed by atoms with van der Waals surface area (Å²) in [5.41, 5.74) is 0.622. The molecule has 3 nitrogen and oxygen atoms in total. The zero-order valence-corrected chi connectivity index (χ0v) is 12.0. The molecule has 1 aromatic heterocycles. The Morgan fingerprint density at radius 2 is 2.11 bits per heavy atom. The average Bonchev–Trinajstić information content (AvgIpc) is 2.79. The zero-order chi connectivity index (χ0) is 13.8. The van der Waals surface area contributed by atoms with Crippen LogP contribution in [0.1, 0.15) is 23.4 Å². The minimum atomic E-state index is -0.126. The van der Waals surface area contributed by atoms with Crippen molar-refractivity contribution in [1.82, 2.24) is 5.32 Å². The van der Waals surface area contributed by atoms with Gasteiger partial charge in [-0.05, 0) is 25.1 Å². The molecule has 19 heavy (non-hydrogen) atoms. The fraction of sp³-hybridized carbons (Fsp3) is 0.214. The fourth-order valence-electron chi connectivity index (χ4n) is 1.76. The van der Waals surface area contributed by atoms with Gasteiger partial charge in [0.1, 0.15) is 5.75 Å². The van der Waals surface area contributed by atoms with E-state index in [4.69, 9.17) is 11.6 Å². The number of aromatic hydroxyl groups is 1. The van der Waals surface area contributed by atoms with Crippen LogP contribution in [0.5, 0.6) is 5.75 Å². The number of nitrogens with one attached hydrogen (secondary N) is 1. The summed E-state index contributed by atoms with van der Waals surface area (Å²) >= 11 is 7.31. The highest BCUT2D eigenvalue weighted by atomic mass is 35.5. The first-order valence-electron chi connectivity index (χ1n) is 5.87. The molecule has 0 aliphatic heterocycles. The molecule has 0 saturated carbocycles. The van der Waals surface area contributed by atoms with Gasteiger partial charge in [-0.25, -0.2) is 0 Å². The smallest absolute Gasteiger partial charge is 0.225 e. The summed E-state index contributed by atoms with van der Waals surface area (Å²) in [6.07, 6.45) is 0.163. The normalized spacial score (nSPS) is 12.1. The van der Waals surface area contributed by atoms with Gasteiger partial charge in [-0.2, -0.15) is 0 Å². The fourth-order valence-corrected chi connectivity index (χ4v) is 2.82. The van der Waals surface area contributed by atoms with Crippen molar-refractivity contribution in [2.45, 2.75) is 19.4 Å². The Morgan fingerprint density at radius 3 is 2.74 bits per heavy atom. The largest absolute Gasteiger partial charge is 0.508 e. The SMILES string of the molecule is CC(NC(=O)Cc1ccccc1O)c1ccc(Cl)s1. The highest BCUT2D eigenvalue weighted by Crippen LogP contribution is 2.26. The molecule has 0 aliphatic rings. The van der Waals surface area contributed by atoms with Crippen LogP contribution in [0.3, 0.4) is 0 Å². The van der Waals surface area contributed by atoms with Crippen LogP contribution in [-0.2, 0) is 11.2 Å². The molecule has 0 aliphatic carbocycles. The number of carbonyl (C=O) groups excluding carboxylic acids is 1. The number of phenols is 1. The van der Waals surface area contributed by atoms with Gasteiger partial charge in [0.15, 0.2) is 0 Å². The van der Waals surface area contributed by atoms with Crippen LogP contribution in [0.25, 0.3) is 0 Å². The second kappa shape index (κ2) is 6.08. The summed E-state index contributed by atoms with van der Waals surface area (Å²) in [6.45, 7) is 1.91. The van der Waals surface area contributed by atoms with Crippen LogP contribution < -0.4 is 5.32 Å². The quantitative estimate of drug-likeness (QED) is 0.906. The minimum absolute atomic E-state index is 0.0872. The summed E-state index contributed by atoms with van der Waals surface area (Å²) in [7, 11) is 0. The van der Waals surface area contributed by atoms with Crippen molar-refractivity contribution in [1.29, 1.82) is 0 Å². The van der Waals surface area contributed by atoms with Crippen LogP contribution in [0.15, 0.2) is 36.4 Å². The van der Waals surface area contributed by atoms with Crippen LogP contribution >= 0.6 is 22.9 Å². The highest BCUT2D eigenvalue weighted by molar-refractivity contribution is 7.16. The molecule has 2 aromatic rings. The molecule has 1 aromatic carbocycles. The maximum Gasteiger partial charge on any atom is 0.225 e. The van der Waals surface area contributed by atoms with Crippen LogP contribution in [0.2, 0.25) is 4.34 Å². The Kier molecular flexibility index (Phi) is 4.45. The Labute approximate surface area is 120 Å². The number of para-hydroxylation sites is 1. The van der Waals surface area contributed by atoms with Crippen LogP contribution in [0, 0.1) is 0 Å². The first-order valence-corrected chi connectivity index (χ1v) is 7.07. The first-order chi connectivity index (χ1) is 9.06. The molecule has 0 saturated heterocycles. The third kappa shape index (κ3) is 3.72. The number of phenolic OH excluding ortho intramolecular Hbond substituents is 1. The van der Waals surface area contributed by atoms with E-state index in [1.807, 2.05) is 19.1 Å². The van der Waals surface area contributed by atoms with Gasteiger partial charge in [0.05, 0.1) is 16.8 Å². The molecule has 1 heterocycles. The van der Waals surface area contributed by atoms with Crippen molar-refractivity contribution in [3.63, 3.8) is 0 Å². The summed E-state index contributed by atoms with van der Waals surface area (Å²) in [5, 5.41) is 12.5. The van der Waals surface area contributed by atoms with Gasteiger partial charge in [-0.1, -0.05) is 29.8 Å². The van der Waals surface area contributed by atoms with Crippen molar-refractivity contribution < 1.29 is 9.90 Å². The molecule has 100 valence electrons. The van der Waals surface area contributed by atoms with E-state index in [-0.39, 0.29) is 24.1 Å². The van der Waals surface area contributed by atoms with Crippen molar-refractivity contribution in [2.75, 3.05) is 0 Å². The van der Waals surface area contributed by atoms with E-state index in [0.29, 0.717) is 9.90 Å². The van der Waals surface area contributed by atoms with E-state index in [1.165, 1.54) is 11.3 Å². The van der Waals surface area contributed by atoms with Gasteiger partial charge in [0.2, 0.25) is 5.91 Å². The third-order valence-corrected chi connectivity index (χ3v) is 4.15. The summed E-state index contributed by atoms with van der Waals surface area (Å²) in [5.74, 6) is 0.0167. The molecule has 1 amide bonds. The number of thiophene rings is 1. The lowest BCUT2D eigenvalue weighted by Crippen LogP contribution is -2.27. The Bertz CT molecular complexity index is 582. The van der Waals surface area contributed by atoms with Crippen LogP contribution in [-0.4, -0.2) is 11.0 Å². The topological polar surface area (TPSA) is 49.3 Å². The van der Waals surface area contributed by atoms with Crippen LogP contribution in [0.4, 0.5) is 0 Å². The monoisotopic (exact) mass is 295 g/mol. The molecular weight excluding hydrogens is 282 g/mol. The zero-order valence-electron chi connectivity index (χ0n) is 10.4. The van der Waals surface area contributed by atoms with Gasteiger partial charge < -0.3 is 10.4 Å². The maximum atomic E-state index is 11.9. The van der Waals surface area contributed by atoms with Crippen molar-refractivity contribution in [3.05, 3.63) is 51.2 Å². The maximum absolute atomic E-state index is 11.9. The molecule has 1 atom stereocenters. The van der Waals surface area contributed by atoms with Gasteiger partial charge in [-0.15, -0.1) is 11.3 Å². The average molecular weight is 296 g/mol. The number of hydrogen-bond acceptors (Lipinski definition) is 3. The van der Waals surface area contributed by atoms with E-state index in [2.05, 4.69) is 5.32 Å². The highest BCUT2D eigenvalue weighted by Gasteiger charge is 2.13. The molecule has 2 N–H and O–H groups in total. The number of rotatable bonds is 4. The lowest BCUT2D eigenvalue weighted by atomic mass is 10.1. The van der Waals surface area contributed by atoms with Crippen molar-refractivity contribution in [3.8, 4) is 5.75 Å². The van der Waals surface area contributed by atoms with Gasteiger partial charge in [-0.3, -0.25) is 4.79 Å². The standard InChI is InChI=1S/C14H14ClNO2S/c1-9(12-6-7-13(15)19-12)16-14(18)8-10-4-2-3-5-11(10)17/h2-7,9,17H,8H2,1H3,(H,16,18). The summed E-state index contributed by atoms with van der Waals surface area (Å²) in [6, 6.07) is 10.5. The number of halogens is 1. The predicted molar refractivity (Wildman–Crippen MR) is 77.7 cm³/mol. The predicted octanol–water partition coefficient (Wildman–Crippen LogP) is 3.53. The Hall–Kier alpha value is -1.52. The number of carbonyl (C=O) groups is 1. The second-order valence-corrected chi connectivity index (χ2v) is 5.98. The van der Waals surface area contributed by atoms with Crippen molar-refractivity contribution >= 4 is 28.8 Å². The van der Waals surface area contributed by atoms with E-state index >= 15 is 0 Å². The Morgan fingerprint density at radius 1 is 1.37 bits per heavy atom. The van der Waals surface area contributed by atoms with Crippen molar-refractivity contribution in [2.24, 2.45) is 0 Å². The minimum Gasteiger partial charge on any atom is -0.508 e. The van der Waals surface area contributed by atoms with Gasteiger partial charge >= 0.3 is 0 Å². The first kappa shape index (κ1) is 13.9. The molecule has 0 radical (unpaired) electrons. The molecule has 2 rings (SSSR count). The molecule has 0 fully saturated rings. The van der Waals surface area contributed by atoms with E-state index in [0.717, 1.165) is 4.88 Å². The molecule has 0 spiro atoms. The molecule has 0 bridgehead atoms. The van der Waals surface area contributed by atoms with E-state index in [1.54, 1.807) is 24.3 Å². The number of hydrogen-bond donors (Lipinski definition) is 2.